The Labute approximate surface area is 153 Å². The van der Waals surface area contributed by atoms with E-state index < -0.39 is 0 Å². The van der Waals surface area contributed by atoms with Gasteiger partial charge in [0.05, 0.1) is 0 Å². The molecule has 124 valence electrons. The van der Waals surface area contributed by atoms with E-state index in [1.54, 1.807) is 0 Å². The summed E-state index contributed by atoms with van der Waals surface area (Å²) in [6, 6.07) is 34.8. The summed E-state index contributed by atoms with van der Waals surface area (Å²) in [6.45, 7) is 0. The molecule has 4 aromatic carbocycles. The van der Waals surface area contributed by atoms with Gasteiger partial charge in [0, 0.05) is 18.4 Å². The largest absolute Gasteiger partial charge is 0.344 e. The summed E-state index contributed by atoms with van der Waals surface area (Å²) in [7, 11) is 2.15. The number of nitrogens with zero attached hydrogens (tertiary/aromatic N) is 1. The summed E-state index contributed by atoms with van der Waals surface area (Å²) in [5.74, 6) is 0. The Morgan fingerprint density at radius 2 is 0.885 bits per heavy atom. The van der Waals surface area contributed by atoms with Crippen LogP contribution in [-0.4, -0.2) is 4.57 Å². The van der Waals surface area contributed by atoms with Gasteiger partial charge in [0.2, 0.25) is 0 Å². The molecule has 1 heteroatoms. The molecule has 0 unspecified atom stereocenters. The van der Waals surface area contributed by atoms with Crippen LogP contribution in [0.4, 0.5) is 0 Å². The first-order chi connectivity index (χ1) is 12.8. The second kappa shape index (κ2) is 5.89. The van der Waals surface area contributed by atoms with Crippen molar-refractivity contribution in [1.82, 2.24) is 4.57 Å². The van der Waals surface area contributed by atoms with Gasteiger partial charge in [-0.2, -0.15) is 0 Å². The Bertz CT molecular complexity index is 1150. The number of aromatic nitrogens is 1. The fourth-order valence-corrected chi connectivity index (χ4v) is 3.79. The predicted molar refractivity (Wildman–Crippen MR) is 111 cm³/mol. The Hall–Kier alpha value is -3.32. The molecule has 0 amide bonds. The molecule has 0 atom stereocenters. The highest BCUT2D eigenvalue weighted by molar-refractivity contribution is 5.89. The third-order valence-corrected chi connectivity index (χ3v) is 5.21. The molecule has 0 N–H and O–H groups in total. The second-order valence-electron chi connectivity index (χ2n) is 6.79. The van der Waals surface area contributed by atoms with E-state index in [0.717, 1.165) is 0 Å². The summed E-state index contributed by atoms with van der Waals surface area (Å²) in [5.41, 5.74) is 4.97. The number of hydrogen-bond donors (Lipinski definition) is 0. The van der Waals surface area contributed by atoms with E-state index in [1.165, 1.54) is 44.1 Å². The Kier molecular flexibility index (Phi) is 3.39. The van der Waals surface area contributed by atoms with Gasteiger partial charge in [0.1, 0.15) is 0 Å². The van der Waals surface area contributed by atoms with E-state index >= 15 is 0 Å². The van der Waals surface area contributed by atoms with E-state index in [-0.39, 0.29) is 0 Å². The van der Waals surface area contributed by atoms with E-state index in [9.17, 15) is 0 Å². The molecule has 0 radical (unpaired) electrons. The number of hydrogen-bond acceptors (Lipinski definition) is 0. The smallest absolute Gasteiger partial charge is 0.0482 e. The first-order valence-corrected chi connectivity index (χ1v) is 8.94. The zero-order valence-electron chi connectivity index (χ0n) is 14.7. The van der Waals surface area contributed by atoms with Crippen LogP contribution in [0, 0.1) is 0 Å². The molecule has 0 aliphatic rings. The maximum atomic E-state index is 2.29. The predicted octanol–water partition coefficient (Wildman–Crippen LogP) is 6.67. The van der Waals surface area contributed by atoms with Crippen molar-refractivity contribution in [2.75, 3.05) is 0 Å². The van der Waals surface area contributed by atoms with Crippen LogP contribution in [0.3, 0.4) is 0 Å². The summed E-state index contributed by atoms with van der Waals surface area (Å²) >= 11 is 0. The minimum absolute atomic E-state index is 1.24. The fraction of sp³-hybridized carbons (Fsp3) is 0.0400. The zero-order chi connectivity index (χ0) is 17.5. The fourth-order valence-electron chi connectivity index (χ4n) is 3.79. The lowest BCUT2D eigenvalue weighted by molar-refractivity contribution is 0.946. The van der Waals surface area contributed by atoms with Crippen LogP contribution in [-0.2, 0) is 7.05 Å². The van der Waals surface area contributed by atoms with E-state index in [0.29, 0.717) is 0 Å². The van der Waals surface area contributed by atoms with Crippen molar-refractivity contribution in [1.29, 1.82) is 0 Å². The molecule has 1 nitrogen and oxygen atoms in total. The third kappa shape index (κ3) is 2.41. The van der Waals surface area contributed by atoms with Gasteiger partial charge in [-0.25, -0.2) is 0 Å². The highest BCUT2D eigenvalue weighted by Crippen LogP contribution is 2.31. The molecule has 0 spiro atoms. The maximum Gasteiger partial charge on any atom is 0.0482 e. The van der Waals surface area contributed by atoms with Gasteiger partial charge >= 0.3 is 0 Å². The molecular weight excluding hydrogens is 314 g/mol. The van der Waals surface area contributed by atoms with Crippen LogP contribution >= 0.6 is 0 Å². The molecule has 0 fully saturated rings. The van der Waals surface area contributed by atoms with Crippen molar-refractivity contribution < 1.29 is 0 Å². The lowest BCUT2D eigenvalue weighted by atomic mass is 10.1. The van der Waals surface area contributed by atoms with Gasteiger partial charge in [-0.05, 0) is 56.9 Å². The van der Waals surface area contributed by atoms with Gasteiger partial charge in [0.15, 0.2) is 0 Å². The molecule has 0 saturated heterocycles. The van der Waals surface area contributed by atoms with Crippen LogP contribution in [0.25, 0.3) is 44.1 Å². The van der Waals surface area contributed by atoms with Crippen LogP contribution in [0.1, 0.15) is 0 Å². The Morgan fingerprint density at radius 1 is 0.462 bits per heavy atom. The third-order valence-electron chi connectivity index (χ3n) is 5.21. The molecule has 26 heavy (non-hydrogen) atoms. The van der Waals surface area contributed by atoms with Crippen LogP contribution in [0.5, 0.6) is 0 Å². The van der Waals surface area contributed by atoms with Crippen LogP contribution in [0.2, 0.25) is 0 Å². The molecule has 1 heterocycles. The average Bonchev–Trinajstić information content (AvgIpc) is 3.08. The SMILES string of the molecule is Cn1c(-c2ccc3ccccc3c2)ccc1-c1ccc2ccccc2c1. The Morgan fingerprint density at radius 3 is 1.35 bits per heavy atom. The normalized spacial score (nSPS) is 11.3. The van der Waals surface area contributed by atoms with E-state index in [2.05, 4.69) is 109 Å². The number of rotatable bonds is 2. The van der Waals surface area contributed by atoms with Gasteiger partial charge < -0.3 is 4.57 Å². The van der Waals surface area contributed by atoms with Crippen molar-refractivity contribution in [2.45, 2.75) is 0 Å². The zero-order valence-corrected chi connectivity index (χ0v) is 14.7. The molecule has 0 bridgehead atoms. The molecule has 0 aliphatic heterocycles. The lowest BCUT2D eigenvalue weighted by Crippen LogP contribution is -1.94. The Balaban J connectivity index is 1.62. The van der Waals surface area contributed by atoms with E-state index in [4.69, 9.17) is 0 Å². The minimum Gasteiger partial charge on any atom is -0.344 e. The van der Waals surface area contributed by atoms with Gasteiger partial charge in [-0.15, -0.1) is 0 Å². The molecule has 5 rings (SSSR count). The van der Waals surface area contributed by atoms with Gasteiger partial charge in [0.25, 0.3) is 0 Å². The van der Waals surface area contributed by atoms with Crippen molar-refractivity contribution in [2.24, 2.45) is 7.05 Å². The molecular formula is C25H19N. The molecule has 1 aromatic heterocycles. The van der Waals surface area contributed by atoms with Crippen molar-refractivity contribution >= 4 is 21.5 Å². The average molecular weight is 333 g/mol. The summed E-state index contributed by atoms with van der Waals surface area (Å²) in [4.78, 5) is 0. The van der Waals surface area contributed by atoms with Crippen molar-refractivity contribution in [3.8, 4) is 22.5 Å². The van der Waals surface area contributed by atoms with Crippen LogP contribution < -0.4 is 0 Å². The second-order valence-corrected chi connectivity index (χ2v) is 6.79. The minimum atomic E-state index is 1.24. The van der Waals surface area contributed by atoms with Crippen molar-refractivity contribution in [3.05, 3.63) is 97.1 Å². The first kappa shape index (κ1) is 15.0. The highest BCUT2D eigenvalue weighted by Gasteiger charge is 2.10. The van der Waals surface area contributed by atoms with Crippen molar-refractivity contribution in [3.63, 3.8) is 0 Å². The van der Waals surface area contributed by atoms with Crippen LogP contribution in [0.15, 0.2) is 97.1 Å². The van der Waals surface area contributed by atoms with Gasteiger partial charge in [-0.3, -0.25) is 0 Å². The summed E-state index contributed by atoms with van der Waals surface area (Å²) < 4.78 is 2.29. The summed E-state index contributed by atoms with van der Waals surface area (Å²) in [6.07, 6.45) is 0. The highest BCUT2D eigenvalue weighted by atomic mass is 15.0. The van der Waals surface area contributed by atoms with E-state index in [1.807, 2.05) is 0 Å². The van der Waals surface area contributed by atoms with Gasteiger partial charge in [-0.1, -0.05) is 72.8 Å². The maximum absolute atomic E-state index is 2.29. The number of fused-ring (bicyclic) bond motifs is 2. The molecule has 5 aromatic rings. The molecule has 0 saturated carbocycles. The quantitative estimate of drug-likeness (QED) is 0.340. The first-order valence-electron chi connectivity index (χ1n) is 8.94. The number of benzene rings is 4. The lowest BCUT2D eigenvalue weighted by Gasteiger charge is -2.10. The standard InChI is InChI=1S/C25H19N/c1-26-24(22-12-10-18-6-2-4-8-20(18)16-22)14-15-25(26)23-13-11-19-7-3-5-9-21(19)17-23/h2-17H,1H3. The molecule has 0 aliphatic carbocycles. The monoisotopic (exact) mass is 333 g/mol. The topological polar surface area (TPSA) is 4.93 Å². The summed E-state index contributed by atoms with van der Waals surface area (Å²) in [5, 5.41) is 5.11.